The smallest absolute Gasteiger partial charge is 0.387 e. The molecule has 0 fully saturated rings. The van der Waals surface area contributed by atoms with Gasteiger partial charge in [-0.1, -0.05) is 18.2 Å². The Morgan fingerprint density at radius 2 is 1.95 bits per heavy atom. The van der Waals surface area contributed by atoms with E-state index in [4.69, 9.17) is 0 Å². The lowest BCUT2D eigenvalue weighted by Crippen LogP contribution is -2.16. The van der Waals surface area contributed by atoms with Crippen molar-refractivity contribution < 1.29 is 13.5 Å². The molecule has 0 atom stereocenters. The van der Waals surface area contributed by atoms with Crippen molar-refractivity contribution in [1.82, 2.24) is 9.88 Å². The normalized spacial score (nSPS) is 10.9. The maximum atomic E-state index is 12.3. The van der Waals surface area contributed by atoms with Crippen molar-refractivity contribution in [1.29, 1.82) is 0 Å². The molecule has 1 aromatic heterocycles. The van der Waals surface area contributed by atoms with Crippen molar-refractivity contribution in [2.24, 2.45) is 7.05 Å². The molecule has 102 valence electrons. The zero-order valence-corrected chi connectivity index (χ0v) is 10.6. The Labute approximate surface area is 110 Å². The third-order valence-electron chi connectivity index (χ3n) is 2.86. The molecule has 2 rings (SSSR count). The van der Waals surface area contributed by atoms with Gasteiger partial charge in [0.25, 0.3) is 0 Å². The van der Waals surface area contributed by atoms with Crippen LogP contribution in [0.4, 0.5) is 8.78 Å². The number of para-hydroxylation sites is 1. The van der Waals surface area contributed by atoms with E-state index in [1.54, 1.807) is 24.3 Å². The zero-order chi connectivity index (χ0) is 13.7. The molecule has 0 unspecified atom stereocenters. The van der Waals surface area contributed by atoms with E-state index < -0.39 is 6.61 Å². The minimum absolute atomic E-state index is 0.219. The van der Waals surface area contributed by atoms with Gasteiger partial charge in [-0.05, 0) is 18.2 Å². The first-order valence-corrected chi connectivity index (χ1v) is 6.00. The van der Waals surface area contributed by atoms with Crippen molar-refractivity contribution in [2.45, 2.75) is 19.7 Å². The average molecular weight is 266 g/mol. The monoisotopic (exact) mass is 266 g/mol. The first-order chi connectivity index (χ1) is 9.16. The SMILES string of the molecule is Cn1cccc1CNCc1ccccc1OC(F)F. The molecule has 0 aliphatic carbocycles. The summed E-state index contributed by atoms with van der Waals surface area (Å²) in [6, 6.07) is 10.8. The maximum absolute atomic E-state index is 12.3. The van der Waals surface area contributed by atoms with Gasteiger partial charge in [-0.3, -0.25) is 0 Å². The topological polar surface area (TPSA) is 26.2 Å². The summed E-state index contributed by atoms with van der Waals surface area (Å²) < 4.78 is 31.0. The lowest BCUT2D eigenvalue weighted by Gasteiger charge is -2.11. The molecular weight excluding hydrogens is 250 g/mol. The van der Waals surface area contributed by atoms with Crippen LogP contribution in [0.3, 0.4) is 0 Å². The van der Waals surface area contributed by atoms with Crippen LogP contribution < -0.4 is 10.1 Å². The highest BCUT2D eigenvalue weighted by Gasteiger charge is 2.08. The molecule has 0 saturated carbocycles. The highest BCUT2D eigenvalue weighted by molar-refractivity contribution is 5.33. The van der Waals surface area contributed by atoms with Gasteiger partial charge in [-0.15, -0.1) is 0 Å². The van der Waals surface area contributed by atoms with Gasteiger partial charge in [0.2, 0.25) is 0 Å². The van der Waals surface area contributed by atoms with Gasteiger partial charge in [0.05, 0.1) is 0 Å². The third kappa shape index (κ3) is 3.79. The fourth-order valence-electron chi connectivity index (χ4n) is 1.87. The average Bonchev–Trinajstić information content (AvgIpc) is 2.77. The predicted octanol–water partition coefficient (Wildman–Crippen LogP) is 2.92. The van der Waals surface area contributed by atoms with Crippen LogP contribution in [0.15, 0.2) is 42.6 Å². The molecule has 1 heterocycles. The van der Waals surface area contributed by atoms with Gasteiger partial charge >= 0.3 is 6.61 Å². The molecule has 2 aromatic rings. The summed E-state index contributed by atoms with van der Waals surface area (Å²) in [5, 5.41) is 3.21. The summed E-state index contributed by atoms with van der Waals surface area (Å²) in [4.78, 5) is 0. The molecule has 19 heavy (non-hydrogen) atoms. The fourth-order valence-corrected chi connectivity index (χ4v) is 1.87. The summed E-state index contributed by atoms with van der Waals surface area (Å²) in [7, 11) is 1.96. The molecule has 0 spiro atoms. The third-order valence-corrected chi connectivity index (χ3v) is 2.86. The van der Waals surface area contributed by atoms with E-state index in [2.05, 4.69) is 10.1 Å². The number of benzene rings is 1. The minimum atomic E-state index is -2.80. The number of hydrogen-bond donors (Lipinski definition) is 1. The fraction of sp³-hybridized carbons (Fsp3) is 0.286. The van der Waals surface area contributed by atoms with E-state index in [1.807, 2.05) is 29.9 Å². The number of halogens is 2. The first kappa shape index (κ1) is 13.5. The number of nitrogens with one attached hydrogen (secondary N) is 1. The Bertz CT molecular complexity index is 526. The van der Waals surface area contributed by atoms with Gasteiger partial charge in [-0.2, -0.15) is 8.78 Å². The quantitative estimate of drug-likeness (QED) is 0.870. The van der Waals surface area contributed by atoms with Crippen molar-refractivity contribution in [2.75, 3.05) is 0 Å². The largest absolute Gasteiger partial charge is 0.434 e. The molecule has 3 nitrogen and oxygen atoms in total. The number of aryl methyl sites for hydroxylation is 1. The lowest BCUT2D eigenvalue weighted by molar-refractivity contribution is -0.0505. The van der Waals surface area contributed by atoms with E-state index in [9.17, 15) is 8.78 Å². The van der Waals surface area contributed by atoms with Crippen LogP contribution >= 0.6 is 0 Å². The number of aromatic nitrogens is 1. The van der Waals surface area contributed by atoms with E-state index >= 15 is 0 Å². The number of ether oxygens (including phenoxy) is 1. The van der Waals surface area contributed by atoms with Crippen LogP contribution in [-0.4, -0.2) is 11.2 Å². The second-order valence-electron chi connectivity index (χ2n) is 4.20. The summed E-state index contributed by atoms with van der Waals surface area (Å²) in [5.74, 6) is 0.219. The van der Waals surface area contributed by atoms with Crippen molar-refractivity contribution in [3.05, 3.63) is 53.9 Å². The molecule has 0 bridgehead atoms. The minimum Gasteiger partial charge on any atom is -0.434 e. The zero-order valence-electron chi connectivity index (χ0n) is 10.6. The van der Waals surface area contributed by atoms with Gasteiger partial charge in [0.1, 0.15) is 5.75 Å². The highest BCUT2D eigenvalue weighted by Crippen LogP contribution is 2.20. The van der Waals surface area contributed by atoms with E-state index in [0.29, 0.717) is 13.1 Å². The van der Waals surface area contributed by atoms with E-state index in [-0.39, 0.29) is 5.75 Å². The number of nitrogens with zero attached hydrogens (tertiary/aromatic N) is 1. The summed E-state index contributed by atoms with van der Waals surface area (Å²) >= 11 is 0. The lowest BCUT2D eigenvalue weighted by atomic mass is 10.2. The molecule has 0 saturated heterocycles. The Morgan fingerprint density at radius 3 is 2.63 bits per heavy atom. The molecule has 0 aliphatic rings. The van der Waals surface area contributed by atoms with Crippen molar-refractivity contribution >= 4 is 0 Å². The summed E-state index contributed by atoms with van der Waals surface area (Å²) in [6.07, 6.45) is 1.96. The van der Waals surface area contributed by atoms with Gasteiger partial charge in [0, 0.05) is 37.6 Å². The molecule has 1 aromatic carbocycles. The number of hydrogen-bond acceptors (Lipinski definition) is 2. The van der Waals surface area contributed by atoms with Crippen LogP contribution in [0, 0.1) is 0 Å². The number of alkyl halides is 2. The van der Waals surface area contributed by atoms with Crippen LogP contribution in [-0.2, 0) is 20.1 Å². The summed E-state index contributed by atoms with van der Waals surface area (Å²) in [6.45, 7) is -1.64. The Kier molecular flexibility index (Phi) is 4.52. The first-order valence-electron chi connectivity index (χ1n) is 6.00. The highest BCUT2D eigenvalue weighted by atomic mass is 19.3. The van der Waals surface area contributed by atoms with Crippen molar-refractivity contribution in [3.63, 3.8) is 0 Å². The molecule has 1 N–H and O–H groups in total. The van der Waals surface area contributed by atoms with Gasteiger partial charge in [0.15, 0.2) is 0 Å². The van der Waals surface area contributed by atoms with Crippen LogP contribution in [0.5, 0.6) is 5.75 Å². The van der Waals surface area contributed by atoms with Crippen LogP contribution in [0.1, 0.15) is 11.3 Å². The Hall–Kier alpha value is -1.88. The standard InChI is InChI=1S/C14H16F2N2O/c1-18-8-4-6-12(18)10-17-9-11-5-2-3-7-13(11)19-14(15)16/h2-8,14,17H,9-10H2,1H3. The van der Waals surface area contributed by atoms with Crippen LogP contribution in [0.2, 0.25) is 0 Å². The second-order valence-corrected chi connectivity index (χ2v) is 4.20. The molecule has 5 heteroatoms. The molecular formula is C14H16F2N2O. The van der Waals surface area contributed by atoms with Gasteiger partial charge in [-0.25, -0.2) is 0 Å². The molecule has 0 amide bonds. The van der Waals surface area contributed by atoms with Gasteiger partial charge < -0.3 is 14.6 Å². The second kappa shape index (κ2) is 6.33. The van der Waals surface area contributed by atoms with Crippen LogP contribution in [0.25, 0.3) is 0 Å². The van der Waals surface area contributed by atoms with E-state index in [0.717, 1.165) is 11.3 Å². The van der Waals surface area contributed by atoms with Crippen molar-refractivity contribution in [3.8, 4) is 5.75 Å². The Morgan fingerprint density at radius 1 is 1.16 bits per heavy atom. The van der Waals surface area contributed by atoms with E-state index in [1.165, 1.54) is 0 Å². The molecule has 0 radical (unpaired) electrons. The molecule has 0 aliphatic heterocycles. The number of rotatable bonds is 6. The summed E-state index contributed by atoms with van der Waals surface area (Å²) in [5.41, 5.74) is 1.85. The maximum Gasteiger partial charge on any atom is 0.387 e. The predicted molar refractivity (Wildman–Crippen MR) is 69.0 cm³/mol. The Balaban J connectivity index is 1.94.